The van der Waals surface area contributed by atoms with Gasteiger partial charge in [-0.25, -0.2) is 8.42 Å². The number of carbonyl (C=O) groups is 2. The van der Waals surface area contributed by atoms with E-state index in [4.69, 9.17) is 5.73 Å². The zero-order valence-corrected chi connectivity index (χ0v) is 11.2. The molecule has 0 aromatic heterocycles. The van der Waals surface area contributed by atoms with E-state index >= 15 is 0 Å². The molecule has 1 aromatic rings. The Kier molecular flexibility index (Phi) is 3.32. The third kappa shape index (κ3) is 2.76. The highest BCUT2D eigenvalue weighted by Gasteiger charge is 2.33. The standard InChI is InChI=1S/C12H14N2O4S/c1-19(17,18)10-4-2-9(3-5-10)14-7-8(12(13)16)6-11(14)15/h2-5,8H,6-7H2,1H3,(H2,13,16). The number of sulfone groups is 1. The minimum atomic E-state index is -3.26. The summed E-state index contributed by atoms with van der Waals surface area (Å²) in [5, 5.41) is 0. The Morgan fingerprint density at radius 1 is 1.32 bits per heavy atom. The van der Waals surface area contributed by atoms with Crippen LogP contribution < -0.4 is 10.6 Å². The van der Waals surface area contributed by atoms with Gasteiger partial charge in [-0.05, 0) is 24.3 Å². The second kappa shape index (κ2) is 4.65. The van der Waals surface area contributed by atoms with Crippen molar-refractivity contribution in [3.8, 4) is 0 Å². The summed E-state index contributed by atoms with van der Waals surface area (Å²) in [6, 6.07) is 5.99. The first-order valence-corrected chi connectivity index (χ1v) is 7.58. The lowest BCUT2D eigenvalue weighted by Crippen LogP contribution is -2.28. The first-order chi connectivity index (χ1) is 8.79. The Balaban J connectivity index is 2.24. The highest BCUT2D eigenvalue weighted by atomic mass is 32.2. The highest BCUT2D eigenvalue weighted by molar-refractivity contribution is 7.90. The third-order valence-electron chi connectivity index (χ3n) is 3.10. The maximum absolute atomic E-state index is 11.8. The molecule has 1 heterocycles. The number of amides is 2. The summed E-state index contributed by atoms with van der Waals surface area (Å²) in [6.07, 6.45) is 1.22. The maximum atomic E-state index is 11.8. The van der Waals surface area contributed by atoms with Gasteiger partial charge in [0.25, 0.3) is 0 Å². The number of benzene rings is 1. The van der Waals surface area contributed by atoms with E-state index in [1.807, 2.05) is 0 Å². The number of primary amides is 1. The Hall–Kier alpha value is -1.89. The second-order valence-corrected chi connectivity index (χ2v) is 6.59. The van der Waals surface area contributed by atoms with E-state index in [1.54, 1.807) is 12.1 Å². The van der Waals surface area contributed by atoms with E-state index in [1.165, 1.54) is 17.0 Å². The minimum Gasteiger partial charge on any atom is -0.369 e. The molecule has 2 rings (SSSR count). The fourth-order valence-corrected chi connectivity index (χ4v) is 2.65. The summed E-state index contributed by atoms with van der Waals surface area (Å²) < 4.78 is 22.7. The molecule has 0 radical (unpaired) electrons. The van der Waals surface area contributed by atoms with Crippen LogP contribution in [0.25, 0.3) is 0 Å². The highest BCUT2D eigenvalue weighted by Crippen LogP contribution is 2.25. The molecule has 1 unspecified atom stereocenters. The van der Waals surface area contributed by atoms with E-state index in [9.17, 15) is 18.0 Å². The molecule has 2 N–H and O–H groups in total. The van der Waals surface area contributed by atoms with Gasteiger partial charge in [0, 0.05) is 24.9 Å². The van der Waals surface area contributed by atoms with Crippen molar-refractivity contribution in [1.29, 1.82) is 0 Å². The SMILES string of the molecule is CS(=O)(=O)c1ccc(N2CC(C(N)=O)CC2=O)cc1. The quantitative estimate of drug-likeness (QED) is 0.839. The molecule has 0 bridgehead atoms. The number of nitrogens with zero attached hydrogens (tertiary/aromatic N) is 1. The lowest BCUT2D eigenvalue weighted by Gasteiger charge is -2.16. The molecular formula is C12H14N2O4S. The van der Waals surface area contributed by atoms with Crippen LogP contribution in [0.2, 0.25) is 0 Å². The summed E-state index contributed by atoms with van der Waals surface area (Å²) in [7, 11) is -3.26. The summed E-state index contributed by atoms with van der Waals surface area (Å²) in [5.41, 5.74) is 5.75. The Morgan fingerprint density at radius 2 is 1.89 bits per heavy atom. The second-order valence-electron chi connectivity index (χ2n) is 4.57. The van der Waals surface area contributed by atoms with E-state index in [2.05, 4.69) is 0 Å². The number of hydrogen-bond acceptors (Lipinski definition) is 4. The molecule has 19 heavy (non-hydrogen) atoms. The molecule has 102 valence electrons. The molecule has 0 aliphatic carbocycles. The lowest BCUT2D eigenvalue weighted by atomic mass is 10.1. The van der Waals surface area contributed by atoms with E-state index < -0.39 is 21.7 Å². The maximum Gasteiger partial charge on any atom is 0.227 e. The Labute approximate surface area is 111 Å². The van der Waals surface area contributed by atoms with Gasteiger partial charge >= 0.3 is 0 Å². The predicted molar refractivity (Wildman–Crippen MR) is 69.2 cm³/mol. The zero-order valence-electron chi connectivity index (χ0n) is 10.4. The van der Waals surface area contributed by atoms with Crippen molar-refractivity contribution in [3.63, 3.8) is 0 Å². The molecular weight excluding hydrogens is 268 g/mol. The van der Waals surface area contributed by atoms with Gasteiger partial charge in [-0.3, -0.25) is 9.59 Å². The number of rotatable bonds is 3. The average Bonchev–Trinajstić information content (AvgIpc) is 2.70. The minimum absolute atomic E-state index is 0.100. The first-order valence-electron chi connectivity index (χ1n) is 5.69. The van der Waals surface area contributed by atoms with E-state index in [0.717, 1.165) is 6.26 Å². The molecule has 2 amide bonds. The van der Waals surface area contributed by atoms with Crippen molar-refractivity contribution in [1.82, 2.24) is 0 Å². The fourth-order valence-electron chi connectivity index (χ4n) is 2.02. The van der Waals surface area contributed by atoms with Crippen LogP contribution in [0.4, 0.5) is 5.69 Å². The van der Waals surface area contributed by atoms with Crippen molar-refractivity contribution in [2.75, 3.05) is 17.7 Å². The molecule has 1 saturated heterocycles. The molecule has 6 nitrogen and oxygen atoms in total. The van der Waals surface area contributed by atoms with Gasteiger partial charge in [-0.15, -0.1) is 0 Å². The molecule has 1 aromatic carbocycles. The summed E-state index contributed by atoms with van der Waals surface area (Å²) in [6.45, 7) is 0.242. The largest absolute Gasteiger partial charge is 0.369 e. The average molecular weight is 282 g/mol. The molecule has 1 atom stereocenters. The van der Waals surface area contributed by atoms with Crippen LogP contribution in [0.1, 0.15) is 6.42 Å². The van der Waals surface area contributed by atoms with Gasteiger partial charge < -0.3 is 10.6 Å². The Morgan fingerprint density at radius 3 is 2.32 bits per heavy atom. The van der Waals surface area contributed by atoms with Crippen molar-refractivity contribution in [2.45, 2.75) is 11.3 Å². The van der Waals surface area contributed by atoms with Gasteiger partial charge in [0.05, 0.1) is 10.8 Å². The third-order valence-corrected chi connectivity index (χ3v) is 4.23. The van der Waals surface area contributed by atoms with Gasteiger partial charge in [-0.2, -0.15) is 0 Å². The molecule has 1 aliphatic heterocycles. The molecule has 0 saturated carbocycles. The van der Waals surface area contributed by atoms with Gasteiger partial charge in [0.1, 0.15) is 0 Å². The smallest absolute Gasteiger partial charge is 0.227 e. The summed E-state index contributed by atoms with van der Waals surface area (Å²) in [5.74, 6) is -1.17. The van der Waals surface area contributed by atoms with Crippen molar-refractivity contribution >= 4 is 27.3 Å². The molecule has 1 aliphatic rings. The van der Waals surface area contributed by atoms with Crippen LogP contribution in [0.3, 0.4) is 0 Å². The lowest BCUT2D eigenvalue weighted by molar-refractivity contribution is -0.123. The summed E-state index contributed by atoms with van der Waals surface area (Å²) >= 11 is 0. The van der Waals surface area contributed by atoms with Crippen LogP contribution in [-0.2, 0) is 19.4 Å². The monoisotopic (exact) mass is 282 g/mol. The van der Waals surface area contributed by atoms with Crippen LogP contribution in [0.15, 0.2) is 29.2 Å². The van der Waals surface area contributed by atoms with Crippen LogP contribution in [0.5, 0.6) is 0 Å². The summed E-state index contributed by atoms with van der Waals surface area (Å²) in [4.78, 5) is 24.5. The molecule has 7 heteroatoms. The number of nitrogens with two attached hydrogens (primary N) is 1. The van der Waals surface area contributed by atoms with Gasteiger partial charge in [-0.1, -0.05) is 0 Å². The van der Waals surface area contributed by atoms with Crippen molar-refractivity contribution in [3.05, 3.63) is 24.3 Å². The zero-order chi connectivity index (χ0) is 14.2. The van der Waals surface area contributed by atoms with Crippen molar-refractivity contribution < 1.29 is 18.0 Å². The molecule has 0 spiro atoms. The normalized spacial score (nSPS) is 19.7. The Bertz CT molecular complexity index is 622. The number of carbonyl (C=O) groups excluding carboxylic acids is 2. The van der Waals surface area contributed by atoms with E-state index in [-0.39, 0.29) is 23.8 Å². The predicted octanol–water partition coefficient (Wildman–Crippen LogP) is -0.0717. The first kappa shape index (κ1) is 13.5. The topological polar surface area (TPSA) is 97.5 Å². The van der Waals surface area contributed by atoms with E-state index in [0.29, 0.717) is 5.69 Å². The molecule has 1 fully saturated rings. The number of hydrogen-bond donors (Lipinski definition) is 1. The van der Waals surface area contributed by atoms with Crippen LogP contribution in [-0.4, -0.2) is 33.0 Å². The fraction of sp³-hybridized carbons (Fsp3) is 0.333. The van der Waals surface area contributed by atoms with Crippen LogP contribution in [0, 0.1) is 5.92 Å². The van der Waals surface area contributed by atoms with Gasteiger partial charge in [0.2, 0.25) is 11.8 Å². The van der Waals surface area contributed by atoms with Gasteiger partial charge in [0.15, 0.2) is 9.84 Å². The number of anilines is 1. The van der Waals surface area contributed by atoms with Crippen LogP contribution >= 0.6 is 0 Å². The van der Waals surface area contributed by atoms with Crippen molar-refractivity contribution in [2.24, 2.45) is 11.7 Å².